The van der Waals surface area contributed by atoms with Crippen molar-refractivity contribution < 1.29 is 759 Å². The normalized spacial score (nSPS) is 0.200. The molecule has 0 nitrogen and oxygen atoms in total. The first-order valence-electron chi connectivity index (χ1n) is 0.890. The van der Waals surface area contributed by atoms with E-state index in [0.29, 0.717) is 0 Å². The molecule has 0 heterocycles. The van der Waals surface area contributed by atoms with Crippen molar-refractivity contribution in [2.45, 2.75) is 14.4 Å². The largest absolute Gasteiger partial charge is 0 e. The molecule has 0 aromatic rings. The van der Waals surface area contributed by atoms with Gasteiger partial charge in [-0.15, -0.1) is 0 Å². The molecule has 0 rings (SSSR count). The molecule has 235 valence electrons. The van der Waals surface area contributed by atoms with Crippen LogP contribution in [0.4, 0.5) is 0 Å². The SMILES string of the molecule is C.[2HH].[CH2-]C.[S]=[V].[V].[V].[V].[V].[V].[V].[V].[V].[V].[V].[V].[V].[V].[V].[V].[V].[V].[V].[V].[V].[V].[V].[V].[V].[V].[V].[V].[V].[V].[V].[V].[V].[V].[V].[V].[V].[V].[V].[V].[V]. The van der Waals surface area contributed by atoms with Crippen LogP contribution in [0.15, 0.2) is 0 Å². The van der Waals surface area contributed by atoms with Gasteiger partial charge in [0.05, 0.1) is 0 Å². The fraction of sp³-hybridized carbons (Fsp3) is 0.667. The number of hydrogen-bond donors (Lipinski definition) is 0. The van der Waals surface area contributed by atoms with Gasteiger partial charge < -0.3 is 6.92 Å². The molecule has 0 aromatic carbocycles. The molecule has 0 aromatic heterocycles. The molecule has 0 atom stereocenters. The molecule has 0 aliphatic heterocycles. The van der Waals surface area contributed by atoms with Crippen LogP contribution >= 0.6 is 10.3 Å². The van der Waals surface area contributed by atoms with E-state index in [-0.39, 0.29) is 751 Å². The summed E-state index contributed by atoms with van der Waals surface area (Å²) >= 11 is 1.90. The maximum Gasteiger partial charge on any atom is 0 e. The Morgan fingerprint density at radius 1 is 0.200 bits per heavy atom. The Balaban J connectivity index is -0.0000000000216. The monoisotopic (exact) mass is 2170 g/mol. The van der Waals surface area contributed by atoms with Gasteiger partial charge in [0.25, 0.3) is 0 Å². The van der Waals surface area contributed by atoms with Gasteiger partial charge in [-0.1, -0.05) is 7.43 Å². The summed E-state index contributed by atoms with van der Waals surface area (Å²) in [5.41, 5.74) is 0. The Labute approximate surface area is 769 Å². The standard InChI is InChI=1S/C2H5.CH4.S.41V.H2/c1-2;;;;;;;;;;;;;;;;;;;;;;;;;;;;;;;;;;;;;;;;;;;;/h1H2,2H3;1H4;;;;;;;;;;;;;;;;;;;;;;;;;;;;;;;;;;;;;;;;;;;1H/q-1;;;;;;;;;;;;;;;;;;;;;;;;;;;;;;;;;;;;;;;;;;;;/i;;;;;;;;;;;;;;;;;;;;;;;;;;;;;;;;;;;;;;;;;;;;1+1. The zero-order chi connectivity index (χ0) is 4.00. The molecule has 45 heavy (non-hydrogen) atoms. The quantitative estimate of drug-likeness (QED) is 0.337. The minimum Gasteiger partial charge on any atom is 0 e. The van der Waals surface area contributed by atoms with Crippen LogP contribution in [-0.4, -0.2) is 0 Å². The van der Waals surface area contributed by atoms with Crippen molar-refractivity contribution in [2.24, 2.45) is 0 Å². The van der Waals surface area contributed by atoms with E-state index in [1.807, 2.05) is 15.7 Å². The molecular formula is C3H11SV41-. The van der Waals surface area contributed by atoms with Crippen LogP contribution in [0.1, 0.15) is 15.8 Å². The molecule has 0 saturated heterocycles. The summed E-state index contributed by atoms with van der Waals surface area (Å²) in [6, 6.07) is 0. The van der Waals surface area contributed by atoms with Crippen LogP contribution < -0.4 is 0 Å². The van der Waals surface area contributed by atoms with Crippen LogP contribution in [0.2, 0.25) is 0 Å². The Morgan fingerprint density at radius 3 is 0.200 bits per heavy atom. The number of hydrogen-bond acceptors (Lipinski definition) is 1. The molecule has 0 N–H and O–H groups in total. The third-order valence-corrected chi connectivity index (χ3v) is 0. The summed E-state index contributed by atoms with van der Waals surface area (Å²) < 4.78 is 0. The molecule has 42 heteroatoms. The van der Waals surface area contributed by atoms with Gasteiger partial charge in [-0.2, -0.15) is 6.92 Å². The van der Waals surface area contributed by atoms with Gasteiger partial charge >= 0.3 is 26.0 Å². The van der Waals surface area contributed by atoms with Crippen LogP contribution in [0, 0.1) is 6.92 Å². The van der Waals surface area contributed by atoms with Crippen LogP contribution in [0.25, 0.3) is 0 Å². The van der Waals surface area contributed by atoms with Crippen LogP contribution in [-0.2, 0) is 758 Å². The molecule has 0 saturated carbocycles. The Hall–Kier alpha value is 24.2. The molecule has 0 aliphatic rings. The predicted molar refractivity (Wildman–Crippen MR) is 27.5 cm³/mol. The average molecular weight is 2170 g/mol. The summed E-state index contributed by atoms with van der Waals surface area (Å²) in [6.45, 7) is 5.00. The van der Waals surface area contributed by atoms with E-state index < -0.39 is 0 Å². The summed E-state index contributed by atoms with van der Waals surface area (Å²) in [6.07, 6.45) is 0. The molecule has 0 unspecified atom stereocenters. The first-order valence-corrected chi connectivity index (χ1v) is 2.97. The second-order valence-electron chi connectivity index (χ2n) is 0. The van der Waals surface area contributed by atoms with Crippen LogP contribution in [0.5, 0.6) is 0 Å². The van der Waals surface area contributed by atoms with Gasteiger partial charge in [0.15, 0.2) is 0 Å². The molecule has 0 amide bonds. The molecular weight excluding hydrogens is 2160 g/mol. The average Bonchev–Trinajstić information content (AvgIpc) is 1.50. The van der Waals surface area contributed by atoms with E-state index in [2.05, 4.69) is 17.2 Å². The van der Waals surface area contributed by atoms with Gasteiger partial charge in [0.2, 0.25) is 0 Å². The van der Waals surface area contributed by atoms with Crippen molar-refractivity contribution in [1.82, 2.24) is 0 Å². The third kappa shape index (κ3) is 511. The van der Waals surface area contributed by atoms with Crippen molar-refractivity contribution in [1.29, 1.82) is 0 Å². The molecule has 0 aliphatic carbocycles. The topological polar surface area (TPSA) is 0 Å². The minimum atomic E-state index is 0. The summed E-state index contributed by atoms with van der Waals surface area (Å²) in [4.78, 5) is 0. The summed E-state index contributed by atoms with van der Waals surface area (Å²) in [5, 5.41) is 0. The molecule has 0 bridgehead atoms. The first kappa shape index (κ1) is 469. The predicted octanol–water partition coefficient (Wildman–Crippen LogP) is 2.27. The molecule has 0 spiro atoms. The van der Waals surface area contributed by atoms with E-state index in [4.69, 9.17) is 0 Å². The smallest absolute Gasteiger partial charge is 0 e. The fourth-order valence-electron chi connectivity index (χ4n) is 0. The summed E-state index contributed by atoms with van der Waals surface area (Å²) in [7, 11) is 4.02. The second-order valence-corrected chi connectivity index (χ2v) is 0. The maximum absolute atomic E-state index is 4.02. The van der Waals surface area contributed by atoms with Crippen molar-refractivity contribution in [3.63, 3.8) is 0 Å². The first-order chi connectivity index (χ1) is 2.00. The van der Waals surface area contributed by atoms with Crippen molar-refractivity contribution >= 4 is 10.3 Å². The minimum absolute atomic E-state index is 0. The van der Waals surface area contributed by atoms with E-state index >= 15 is 0 Å². The van der Waals surface area contributed by atoms with E-state index in [1.54, 1.807) is 6.92 Å². The fourth-order valence-corrected chi connectivity index (χ4v) is 0. The zero-order valence-electron chi connectivity index (χ0n) is 20.5. The van der Waals surface area contributed by atoms with Gasteiger partial charge in [0.1, 0.15) is 0 Å². The Kier molecular flexibility index (Phi) is 5490. The van der Waals surface area contributed by atoms with Gasteiger partial charge in [0, 0.05) is 744 Å². The summed E-state index contributed by atoms with van der Waals surface area (Å²) in [5.74, 6) is 0. The van der Waals surface area contributed by atoms with Crippen molar-refractivity contribution in [2.75, 3.05) is 0 Å². The Morgan fingerprint density at radius 2 is 0.200 bits per heavy atom. The number of rotatable bonds is 0. The van der Waals surface area contributed by atoms with Gasteiger partial charge in [-0.05, 0) is 0 Å². The van der Waals surface area contributed by atoms with Crippen molar-refractivity contribution in [3.8, 4) is 0 Å². The Bertz CT molecular complexity index is 29.7. The van der Waals surface area contributed by atoms with Crippen molar-refractivity contribution in [3.05, 3.63) is 6.92 Å². The van der Waals surface area contributed by atoms with Gasteiger partial charge in [-0.25, -0.2) is 0 Å². The van der Waals surface area contributed by atoms with Crippen LogP contribution in [0.3, 0.4) is 0 Å². The van der Waals surface area contributed by atoms with E-state index in [0.717, 1.165) is 0 Å². The molecule has 0 fully saturated rings. The molecule has 40 radical (unpaired) electrons. The zero-order valence-corrected chi connectivity index (χ0v) is 78.5. The maximum atomic E-state index is 4.02. The van der Waals surface area contributed by atoms with Gasteiger partial charge in [-0.3, -0.25) is 0 Å². The third-order valence-electron chi connectivity index (χ3n) is 0. The van der Waals surface area contributed by atoms with E-state index in [9.17, 15) is 0 Å². The van der Waals surface area contributed by atoms with E-state index in [1.165, 1.54) is 0 Å². The second kappa shape index (κ2) is 526.